The first-order valence-corrected chi connectivity index (χ1v) is 8.55. The van der Waals surface area contributed by atoms with E-state index in [0.29, 0.717) is 18.0 Å². The summed E-state index contributed by atoms with van der Waals surface area (Å²) in [6.07, 6.45) is 1.03. The van der Waals surface area contributed by atoms with Crippen molar-refractivity contribution in [3.8, 4) is 0 Å². The van der Waals surface area contributed by atoms with Gasteiger partial charge in [-0.3, -0.25) is 4.79 Å². The average Bonchev–Trinajstić information content (AvgIpc) is 2.56. The third-order valence-electron chi connectivity index (χ3n) is 5.09. The first-order valence-electron chi connectivity index (χ1n) is 8.55. The van der Waals surface area contributed by atoms with Crippen LogP contribution in [0.1, 0.15) is 38.8 Å². The van der Waals surface area contributed by atoms with Crippen LogP contribution in [0.2, 0.25) is 0 Å². The quantitative estimate of drug-likeness (QED) is 0.936. The minimum Gasteiger partial charge on any atom is -0.343 e. The van der Waals surface area contributed by atoms with E-state index in [1.165, 1.54) is 16.3 Å². The van der Waals surface area contributed by atoms with Crippen molar-refractivity contribution in [2.75, 3.05) is 13.1 Å². The minimum atomic E-state index is 0.192. The van der Waals surface area contributed by atoms with E-state index in [-0.39, 0.29) is 5.91 Å². The van der Waals surface area contributed by atoms with Gasteiger partial charge >= 0.3 is 0 Å². The van der Waals surface area contributed by atoms with E-state index in [4.69, 9.17) is 0 Å². The van der Waals surface area contributed by atoms with Crippen molar-refractivity contribution in [2.24, 2.45) is 5.92 Å². The Morgan fingerprint density at radius 2 is 1.96 bits per heavy atom. The van der Waals surface area contributed by atoms with Gasteiger partial charge in [0, 0.05) is 32.1 Å². The highest BCUT2D eigenvalue weighted by atomic mass is 16.2. The number of piperidine rings is 1. The highest BCUT2D eigenvalue weighted by Gasteiger charge is 2.28. The normalized spacial score (nSPS) is 23.0. The topological polar surface area (TPSA) is 32.3 Å². The summed E-state index contributed by atoms with van der Waals surface area (Å²) in [5.41, 5.74) is 1.32. The molecule has 3 heteroatoms. The second-order valence-electron chi connectivity index (χ2n) is 6.83. The number of fused-ring (bicyclic) bond motifs is 1. The van der Waals surface area contributed by atoms with Gasteiger partial charge in [0.2, 0.25) is 5.91 Å². The molecule has 1 aliphatic rings. The summed E-state index contributed by atoms with van der Waals surface area (Å²) in [5, 5.41) is 6.34. The second kappa shape index (κ2) is 6.71. The zero-order valence-corrected chi connectivity index (χ0v) is 14.3. The Balaban J connectivity index is 1.68. The average molecular weight is 310 g/mol. The maximum atomic E-state index is 11.5. The molecule has 1 saturated heterocycles. The molecule has 1 amide bonds. The third-order valence-corrected chi connectivity index (χ3v) is 5.09. The standard InChI is InChI=1S/C20H26N2O/c1-14-13-22(16(3)23)11-10-20(14)21-15(2)18-9-8-17-6-4-5-7-19(17)12-18/h4-9,12,14-15,20-21H,10-11,13H2,1-3H3/t14-,15+,20+/m1/s1. The number of likely N-dealkylation sites (tertiary alicyclic amines) is 1. The second-order valence-corrected chi connectivity index (χ2v) is 6.83. The van der Waals surface area contributed by atoms with Crippen molar-refractivity contribution < 1.29 is 4.79 Å². The van der Waals surface area contributed by atoms with Crippen LogP contribution in [0.15, 0.2) is 42.5 Å². The maximum absolute atomic E-state index is 11.5. The van der Waals surface area contributed by atoms with Gasteiger partial charge in [-0.25, -0.2) is 0 Å². The van der Waals surface area contributed by atoms with Gasteiger partial charge in [-0.05, 0) is 41.7 Å². The van der Waals surface area contributed by atoms with Gasteiger partial charge in [0.15, 0.2) is 0 Å². The van der Waals surface area contributed by atoms with Gasteiger partial charge in [-0.15, -0.1) is 0 Å². The monoisotopic (exact) mass is 310 g/mol. The van der Waals surface area contributed by atoms with Crippen molar-refractivity contribution >= 4 is 16.7 Å². The van der Waals surface area contributed by atoms with Crippen molar-refractivity contribution in [2.45, 2.75) is 39.3 Å². The molecule has 23 heavy (non-hydrogen) atoms. The summed E-state index contributed by atoms with van der Waals surface area (Å²) >= 11 is 0. The Kier molecular flexibility index (Phi) is 4.67. The number of amides is 1. The van der Waals surface area contributed by atoms with Crippen LogP contribution in [-0.2, 0) is 4.79 Å². The number of nitrogens with zero attached hydrogens (tertiary/aromatic N) is 1. The number of carbonyl (C=O) groups is 1. The molecule has 0 bridgehead atoms. The largest absolute Gasteiger partial charge is 0.343 e. The van der Waals surface area contributed by atoms with Crippen LogP contribution < -0.4 is 5.32 Å². The molecule has 3 rings (SSSR count). The molecular formula is C20H26N2O. The molecular weight excluding hydrogens is 284 g/mol. The Labute approximate surface area is 138 Å². The molecule has 1 heterocycles. The summed E-state index contributed by atoms with van der Waals surface area (Å²) in [5.74, 6) is 0.674. The van der Waals surface area contributed by atoms with Crippen LogP contribution >= 0.6 is 0 Å². The minimum absolute atomic E-state index is 0.192. The number of hydrogen-bond donors (Lipinski definition) is 1. The van der Waals surface area contributed by atoms with E-state index in [1.54, 1.807) is 6.92 Å². The van der Waals surface area contributed by atoms with Gasteiger partial charge in [0.25, 0.3) is 0 Å². The summed E-state index contributed by atoms with van der Waals surface area (Å²) in [6, 6.07) is 16.0. The number of carbonyl (C=O) groups excluding carboxylic acids is 1. The molecule has 122 valence electrons. The molecule has 0 radical (unpaired) electrons. The molecule has 1 fully saturated rings. The summed E-state index contributed by atoms with van der Waals surface area (Å²) < 4.78 is 0. The van der Waals surface area contributed by atoms with E-state index >= 15 is 0 Å². The van der Waals surface area contributed by atoms with E-state index in [2.05, 4.69) is 61.6 Å². The van der Waals surface area contributed by atoms with Gasteiger partial charge in [0.1, 0.15) is 0 Å². The fraction of sp³-hybridized carbons (Fsp3) is 0.450. The maximum Gasteiger partial charge on any atom is 0.219 e. The molecule has 1 aliphatic heterocycles. The molecule has 0 unspecified atom stereocenters. The van der Waals surface area contributed by atoms with Crippen molar-refractivity contribution in [1.29, 1.82) is 0 Å². The SMILES string of the molecule is CC(=O)N1CC[C@H](N[C@@H](C)c2ccc3ccccc3c2)[C@H](C)C1. The van der Waals surface area contributed by atoms with E-state index < -0.39 is 0 Å². The molecule has 1 N–H and O–H groups in total. The molecule has 2 aromatic carbocycles. The molecule has 0 saturated carbocycles. The van der Waals surface area contributed by atoms with Gasteiger partial charge in [-0.2, -0.15) is 0 Å². The van der Waals surface area contributed by atoms with Gasteiger partial charge in [-0.1, -0.05) is 43.3 Å². The lowest BCUT2D eigenvalue weighted by Crippen LogP contribution is -2.50. The lowest BCUT2D eigenvalue weighted by Gasteiger charge is -2.38. The van der Waals surface area contributed by atoms with Crippen LogP contribution in [0.25, 0.3) is 10.8 Å². The smallest absolute Gasteiger partial charge is 0.219 e. The summed E-state index contributed by atoms with van der Waals surface area (Å²) in [6.45, 7) is 7.85. The van der Waals surface area contributed by atoms with E-state index in [1.807, 2.05) is 4.90 Å². The van der Waals surface area contributed by atoms with Crippen LogP contribution in [0.3, 0.4) is 0 Å². The molecule has 0 spiro atoms. The van der Waals surface area contributed by atoms with Crippen LogP contribution in [-0.4, -0.2) is 29.9 Å². The van der Waals surface area contributed by atoms with Crippen molar-refractivity contribution in [3.63, 3.8) is 0 Å². The zero-order valence-electron chi connectivity index (χ0n) is 14.3. The number of rotatable bonds is 3. The Morgan fingerprint density at radius 3 is 2.65 bits per heavy atom. The number of benzene rings is 2. The highest BCUT2D eigenvalue weighted by Crippen LogP contribution is 2.24. The summed E-state index contributed by atoms with van der Waals surface area (Å²) in [7, 11) is 0. The Morgan fingerprint density at radius 1 is 1.22 bits per heavy atom. The van der Waals surface area contributed by atoms with E-state index in [9.17, 15) is 4.79 Å². The molecule has 3 nitrogen and oxygen atoms in total. The van der Waals surface area contributed by atoms with Gasteiger partial charge in [0.05, 0.1) is 0 Å². The number of nitrogens with one attached hydrogen (secondary N) is 1. The fourth-order valence-electron chi connectivity index (χ4n) is 3.57. The van der Waals surface area contributed by atoms with Crippen LogP contribution in [0, 0.1) is 5.92 Å². The van der Waals surface area contributed by atoms with Gasteiger partial charge < -0.3 is 10.2 Å². The molecule has 2 aromatic rings. The fourth-order valence-corrected chi connectivity index (χ4v) is 3.57. The molecule has 3 atom stereocenters. The first-order chi connectivity index (χ1) is 11.0. The Bertz CT molecular complexity index is 697. The van der Waals surface area contributed by atoms with Crippen LogP contribution in [0.5, 0.6) is 0 Å². The molecule has 0 aliphatic carbocycles. The lowest BCUT2D eigenvalue weighted by molar-refractivity contribution is -0.130. The van der Waals surface area contributed by atoms with Crippen molar-refractivity contribution in [1.82, 2.24) is 10.2 Å². The lowest BCUT2D eigenvalue weighted by atomic mass is 9.92. The van der Waals surface area contributed by atoms with Crippen molar-refractivity contribution in [3.05, 3.63) is 48.0 Å². The molecule has 0 aromatic heterocycles. The Hall–Kier alpha value is -1.87. The predicted molar refractivity (Wildman–Crippen MR) is 95.3 cm³/mol. The number of hydrogen-bond acceptors (Lipinski definition) is 2. The summed E-state index contributed by atoms with van der Waals surface area (Å²) in [4.78, 5) is 13.5. The third kappa shape index (κ3) is 3.56. The highest BCUT2D eigenvalue weighted by molar-refractivity contribution is 5.83. The predicted octanol–water partition coefficient (Wildman–Crippen LogP) is 3.75. The van der Waals surface area contributed by atoms with Crippen LogP contribution in [0.4, 0.5) is 0 Å². The first kappa shape index (κ1) is 16.0. The van der Waals surface area contributed by atoms with E-state index in [0.717, 1.165) is 19.5 Å². The zero-order chi connectivity index (χ0) is 16.4.